The lowest BCUT2D eigenvalue weighted by atomic mass is 9.91. The average molecular weight is 473 g/mol. The third kappa shape index (κ3) is 3.95. The molecule has 178 valence electrons. The molecule has 9 heteroatoms. The third-order valence-corrected chi connectivity index (χ3v) is 5.88. The molecule has 3 aromatic rings. The highest BCUT2D eigenvalue weighted by Gasteiger charge is 2.41. The second kappa shape index (κ2) is 8.62. The number of carbonyl (C=O) groups excluding carboxylic acids is 1. The molecule has 34 heavy (non-hydrogen) atoms. The van der Waals surface area contributed by atoms with Crippen molar-refractivity contribution in [2.75, 3.05) is 18.3 Å². The molecule has 0 radical (unpaired) electrons. The monoisotopic (exact) mass is 473 g/mol. The number of carbonyl (C=O) groups is 1. The number of halogens is 3. The fraction of sp³-hybridized carbons (Fsp3) is 0.320. The van der Waals surface area contributed by atoms with E-state index in [2.05, 4.69) is 6.92 Å². The number of unbranched alkanes of at least 4 members (excludes halogenated alkanes) is 1. The van der Waals surface area contributed by atoms with E-state index >= 15 is 0 Å². The Bertz CT molecular complexity index is 1220. The highest BCUT2D eigenvalue weighted by Crippen LogP contribution is 2.48. The minimum absolute atomic E-state index is 0.0428. The molecular weight excluding hydrogens is 451 g/mol. The number of fused-ring (bicyclic) bond motifs is 2. The number of benzene rings is 2. The van der Waals surface area contributed by atoms with Crippen LogP contribution >= 0.6 is 0 Å². The summed E-state index contributed by atoms with van der Waals surface area (Å²) in [6.07, 6.45) is -2.80. The van der Waals surface area contributed by atoms with Crippen LogP contribution in [0.25, 0.3) is 0 Å². The zero-order valence-corrected chi connectivity index (χ0v) is 18.4. The minimum atomic E-state index is -4.59. The van der Waals surface area contributed by atoms with Crippen LogP contribution in [-0.2, 0) is 17.5 Å². The first-order valence-corrected chi connectivity index (χ1v) is 11.0. The molecule has 3 heterocycles. The molecule has 1 unspecified atom stereocenters. The van der Waals surface area contributed by atoms with Gasteiger partial charge in [0.05, 0.1) is 19.1 Å². The van der Waals surface area contributed by atoms with E-state index in [1.807, 2.05) is 12.1 Å². The molecule has 6 nitrogen and oxygen atoms in total. The van der Waals surface area contributed by atoms with Crippen molar-refractivity contribution in [2.24, 2.45) is 0 Å². The maximum absolute atomic E-state index is 13.7. The topological polar surface area (TPSA) is 61.1 Å². The van der Waals surface area contributed by atoms with Crippen LogP contribution in [0.1, 0.15) is 48.3 Å². The Hall–Kier alpha value is -3.62. The van der Waals surface area contributed by atoms with Crippen molar-refractivity contribution in [3.05, 3.63) is 71.2 Å². The summed E-state index contributed by atoms with van der Waals surface area (Å²) in [7, 11) is 0. The van der Waals surface area contributed by atoms with Gasteiger partial charge in [-0.2, -0.15) is 13.2 Å². The Morgan fingerprint density at radius 3 is 2.56 bits per heavy atom. The van der Waals surface area contributed by atoms with Gasteiger partial charge in [-0.3, -0.25) is 4.79 Å². The number of hydrogen-bond acceptors (Lipinski definition) is 5. The standard InChI is InChI=1S/C25H22F3NO5/c1-2-3-10-31-19-12-21-20(32-14-33-21)11-17(19)23-16-6-4-5-7-18(16)29(24(23)30)13-15-8-9-22(34-15)25(26,27)28/h4-9,11-12,23H,2-3,10,13-14H2,1H3. The predicted octanol–water partition coefficient (Wildman–Crippen LogP) is 5.88. The van der Waals surface area contributed by atoms with Gasteiger partial charge in [-0.05, 0) is 36.2 Å². The number of hydrogen-bond donors (Lipinski definition) is 0. The van der Waals surface area contributed by atoms with Gasteiger partial charge in [0, 0.05) is 17.3 Å². The summed E-state index contributed by atoms with van der Waals surface area (Å²) in [6.45, 7) is 2.48. The number of nitrogens with zero attached hydrogens (tertiary/aromatic N) is 1. The summed E-state index contributed by atoms with van der Waals surface area (Å²) >= 11 is 0. The SMILES string of the molecule is CCCCOc1cc2c(cc1C1C(=O)N(Cc3ccc(C(F)(F)F)o3)c3ccccc31)OCO2. The number of ether oxygens (including phenoxy) is 3. The first kappa shape index (κ1) is 22.2. The number of amides is 1. The average Bonchev–Trinajstić information content (AvgIpc) is 3.52. The van der Waals surface area contributed by atoms with Crippen LogP contribution in [0.5, 0.6) is 17.2 Å². The summed E-state index contributed by atoms with van der Waals surface area (Å²) < 4.78 is 61.0. The molecular formula is C25H22F3NO5. The minimum Gasteiger partial charge on any atom is -0.493 e. The number of rotatable bonds is 7. The van der Waals surface area contributed by atoms with Crippen molar-refractivity contribution >= 4 is 11.6 Å². The second-order valence-electron chi connectivity index (χ2n) is 8.13. The first-order valence-electron chi connectivity index (χ1n) is 11.0. The van der Waals surface area contributed by atoms with Crippen LogP contribution in [0.2, 0.25) is 0 Å². The lowest BCUT2D eigenvalue weighted by molar-refractivity contribution is -0.153. The highest BCUT2D eigenvalue weighted by molar-refractivity contribution is 6.07. The van der Waals surface area contributed by atoms with Crippen LogP contribution in [0.3, 0.4) is 0 Å². The van der Waals surface area contributed by atoms with E-state index in [1.165, 1.54) is 11.0 Å². The van der Waals surface area contributed by atoms with E-state index in [9.17, 15) is 18.0 Å². The van der Waals surface area contributed by atoms with E-state index in [-0.39, 0.29) is 25.0 Å². The number of anilines is 1. The van der Waals surface area contributed by atoms with Crippen LogP contribution in [-0.4, -0.2) is 19.3 Å². The van der Waals surface area contributed by atoms with E-state index in [0.717, 1.165) is 24.5 Å². The Morgan fingerprint density at radius 2 is 1.82 bits per heavy atom. The van der Waals surface area contributed by atoms with Gasteiger partial charge in [0.25, 0.3) is 0 Å². The molecule has 2 aliphatic rings. The van der Waals surface area contributed by atoms with Gasteiger partial charge in [-0.15, -0.1) is 0 Å². The van der Waals surface area contributed by atoms with E-state index < -0.39 is 17.9 Å². The Labute approximate surface area is 193 Å². The number of alkyl halides is 3. The van der Waals surface area contributed by atoms with Crippen molar-refractivity contribution in [1.82, 2.24) is 0 Å². The smallest absolute Gasteiger partial charge is 0.449 e. The van der Waals surface area contributed by atoms with Gasteiger partial charge < -0.3 is 23.5 Å². The first-order chi connectivity index (χ1) is 16.4. The van der Waals surface area contributed by atoms with E-state index in [1.54, 1.807) is 24.3 Å². The zero-order chi connectivity index (χ0) is 23.9. The number of para-hydroxylation sites is 1. The molecule has 1 aromatic heterocycles. The molecule has 2 aliphatic heterocycles. The molecule has 1 amide bonds. The van der Waals surface area contributed by atoms with Gasteiger partial charge in [0.1, 0.15) is 11.5 Å². The van der Waals surface area contributed by atoms with Gasteiger partial charge in [0.2, 0.25) is 18.5 Å². The van der Waals surface area contributed by atoms with Crippen molar-refractivity contribution in [2.45, 2.75) is 38.4 Å². The van der Waals surface area contributed by atoms with Crippen LogP contribution in [0.4, 0.5) is 18.9 Å². The maximum atomic E-state index is 13.7. The molecule has 0 N–H and O–H groups in total. The lowest BCUT2D eigenvalue weighted by Crippen LogP contribution is -2.28. The third-order valence-electron chi connectivity index (χ3n) is 5.88. The van der Waals surface area contributed by atoms with Gasteiger partial charge in [-0.25, -0.2) is 0 Å². The van der Waals surface area contributed by atoms with E-state index in [0.29, 0.717) is 35.1 Å². The van der Waals surface area contributed by atoms with Crippen molar-refractivity contribution in [3.63, 3.8) is 0 Å². The van der Waals surface area contributed by atoms with Crippen molar-refractivity contribution < 1.29 is 36.6 Å². The highest BCUT2D eigenvalue weighted by atomic mass is 19.4. The molecule has 2 aromatic carbocycles. The molecule has 0 fully saturated rings. The van der Waals surface area contributed by atoms with Crippen LogP contribution < -0.4 is 19.1 Å². The molecule has 5 rings (SSSR count). The van der Waals surface area contributed by atoms with Gasteiger partial charge in [-0.1, -0.05) is 31.5 Å². The predicted molar refractivity (Wildman–Crippen MR) is 116 cm³/mol. The zero-order valence-electron chi connectivity index (χ0n) is 18.4. The molecule has 0 spiro atoms. The van der Waals surface area contributed by atoms with Crippen LogP contribution in [0, 0.1) is 0 Å². The fourth-order valence-corrected chi connectivity index (χ4v) is 4.24. The largest absolute Gasteiger partial charge is 0.493 e. The molecule has 0 bridgehead atoms. The molecule has 0 saturated carbocycles. The summed E-state index contributed by atoms with van der Waals surface area (Å²) in [5.41, 5.74) is 1.96. The molecule has 0 aliphatic carbocycles. The Kier molecular flexibility index (Phi) is 5.63. The normalized spacial score (nSPS) is 16.8. The van der Waals surface area contributed by atoms with Crippen molar-refractivity contribution in [3.8, 4) is 17.2 Å². The Balaban J connectivity index is 1.52. The molecule has 0 saturated heterocycles. The second-order valence-corrected chi connectivity index (χ2v) is 8.13. The van der Waals surface area contributed by atoms with Gasteiger partial charge >= 0.3 is 6.18 Å². The summed E-state index contributed by atoms with van der Waals surface area (Å²) in [6, 6.07) is 12.8. The molecule has 1 atom stereocenters. The Morgan fingerprint density at radius 1 is 1.06 bits per heavy atom. The maximum Gasteiger partial charge on any atom is 0.449 e. The van der Waals surface area contributed by atoms with E-state index in [4.69, 9.17) is 18.6 Å². The summed E-state index contributed by atoms with van der Waals surface area (Å²) in [5.74, 6) is -0.471. The van der Waals surface area contributed by atoms with Gasteiger partial charge in [0.15, 0.2) is 11.5 Å². The van der Waals surface area contributed by atoms with Crippen LogP contribution in [0.15, 0.2) is 52.9 Å². The fourth-order valence-electron chi connectivity index (χ4n) is 4.24. The number of furan rings is 1. The summed E-state index contributed by atoms with van der Waals surface area (Å²) in [5, 5.41) is 0. The van der Waals surface area contributed by atoms with Crippen molar-refractivity contribution in [1.29, 1.82) is 0 Å². The lowest BCUT2D eigenvalue weighted by Gasteiger charge is -2.19. The summed E-state index contributed by atoms with van der Waals surface area (Å²) in [4.78, 5) is 15.1. The quantitative estimate of drug-likeness (QED) is 0.401.